The monoisotopic (exact) mass is 318 g/mol. The minimum atomic E-state index is -3.39. The van der Waals surface area contributed by atoms with Gasteiger partial charge in [-0.1, -0.05) is 0 Å². The van der Waals surface area contributed by atoms with Crippen LogP contribution in [0.4, 0.5) is 0 Å². The number of morpholine rings is 1. The van der Waals surface area contributed by atoms with Crippen LogP contribution >= 0.6 is 11.3 Å². The number of hydrogen-bond acceptors (Lipinski definition) is 5. The molecular formula is C13H22N2O3S2. The van der Waals surface area contributed by atoms with Crippen molar-refractivity contribution in [3.63, 3.8) is 0 Å². The Morgan fingerprint density at radius 1 is 1.45 bits per heavy atom. The van der Waals surface area contributed by atoms with Gasteiger partial charge in [0.25, 0.3) is 10.0 Å². The Balaban J connectivity index is 2.15. The molecule has 0 amide bonds. The number of nitrogens with one attached hydrogen (secondary N) is 1. The van der Waals surface area contributed by atoms with Gasteiger partial charge in [0.05, 0.1) is 12.2 Å². The molecule has 0 spiro atoms. The predicted molar refractivity (Wildman–Crippen MR) is 80.7 cm³/mol. The van der Waals surface area contributed by atoms with Gasteiger partial charge < -0.3 is 10.1 Å². The van der Waals surface area contributed by atoms with Crippen molar-refractivity contribution in [2.24, 2.45) is 0 Å². The molecule has 1 aliphatic heterocycles. The van der Waals surface area contributed by atoms with E-state index in [1.807, 2.05) is 27.0 Å². The zero-order valence-electron chi connectivity index (χ0n) is 12.2. The first-order chi connectivity index (χ1) is 9.35. The zero-order valence-corrected chi connectivity index (χ0v) is 13.8. The van der Waals surface area contributed by atoms with E-state index in [4.69, 9.17) is 4.74 Å². The molecule has 20 heavy (non-hydrogen) atoms. The number of rotatable bonds is 5. The van der Waals surface area contributed by atoms with Gasteiger partial charge in [0, 0.05) is 18.0 Å². The minimum absolute atomic E-state index is 0.402. The van der Waals surface area contributed by atoms with Crippen LogP contribution in [-0.4, -0.2) is 51.6 Å². The van der Waals surface area contributed by atoms with Crippen LogP contribution in [0.5, 0.6) is 0 Å². The van der Waals surface area contributed by atoms with Gasteiger partial charge in [-0.3, -0.25) is 0 Å². The number of likely N-dealkylation sites (N-methyl/N-ethyl adjacent to an activating group) is 1. The van der Waals surface area contributed by atoms with E-state index in [1.54, 1.807) is 6.07 Å². The smallest absolute Gasteiger partial charge is 0.252 e. The summed E-state index contributed by atoms with van der Waals surface area (Å²) in [6, 6.07) is 3.62. The van der Waals surface area contributed by atoms with Crippen molar-refractivity contribution in [2.75, 3.05) is 33.3 Å². The Bertz CT molecular complexity index is 552. The molecule has 7 heteroatoms. The molecule has 1 N–H and O–H groups in total. The molecule has 114 valence electrons. The summed E-state index contributed by atoms with van der Waals surface area (Å²) >= 11 is 1.36. The number of nitrogens with zero attached hydrogens (tertiary/aromatic N) is 1. The topological polar surface area (TPSA) is 58.6 Å². The fraction of sp³-hybridized carbons (Fsp3) is 0.692. The summed E-state index contributed by atoms with van der Waals surface area (Å²) in [5.41, 5.74) is -0.419. The molecule has 1 aliphatic rings. The second-order valence-electron chi connectivity index (χ2n) is 5.52. The van der Waals surface area contributed by atoms with Crippen molar-refractivity contribution < 1.29 is 13.2 Å². The normalized spacial score (nSPS) is 20.1. The summed E-state index contributed by atoms with van der Waals surface area (Å²) in [7, 11) is -1.50. The highest BCUT2D eigenvalue weighted by molar-refractivity contribution is 7.91. The quantitative estimate of drug-likeness (QED) is 0.889. The van der Waals surface area contributed by atoms with E-state index in [0.29, 0.717) is 23.9 Å². The third-order valence-corrected chi connectivity index (χ3v) is 6.70. The van der Waals surface area contributed by atoms with Gasteiger partial charge in [-0.05, 0) is 46.0 Å². The van der Waals surface area contributed by atoms with Crippen molar-refractivity contribution in [2.45, 2.75) is 30.1 Å². The van der Waals surface area contributed by atoms with Crippen molar-refractivity contribution in [3.05, 3.63) is 17.0 Å². The van der Waals surface area contributed by atoms with Gasteiger partial charge in [0.2, 0.25) is 0 Å². The van der Waals surface area contributed by atoms with Gasteiger partial charge in [0.15, 0.2) is 0 Å². The van der Waals surface area contributed by atoms with Crippen LogP contribution in [0.25, 0.3) is 0 Å². The second kappa shape index (κ2) is 6.11. The Hall–Kier alpha value is -0.470. The summed E-state index contributed by atoms with van der Waals surface area (Å²) in [5, 5.41) is 3.07. The summed E-state index contributed by atoms with van der Waals surface area (Å²) in [6.45, 7) is 5.96. The predicted octanol–water partition coefficient (Wildman–Crippen LogP) is 1.31. The summed E-state index contributed by atoms with van der Waals surface area (Å²) in [6.07, 6.45) is 0.852. The molecule has 0 atom stereocenters. The maximum atomic E-state index is 12.6. The lowest BCUT2D eigenvalue weighted by molar-refractivity contribution is -0.0639. The van der Waals surface area contributed by atoms with Crippen molar-refractivity contribution in [3.8, 4) is 0 Å². The lowest BCUT2D eigenvalue weighted by Crippen LogP contribution is -2.50. The van der Waals surface area contributed by atoms with Gasteiger partial charge in [-0.15, -0.1) is 11.3 Å². The second-order valence-corrected chi connectivity index (χ2v) is 8.85. The molecule has 1 fully saturated rings. The molecule has 1 aromatic heterocycles. The summed E-state index contributed by atoms with van der Waals surface area (Å²) in [4.78, 5) is 1.09. The van der Waals surface area contributed by atoms with E-state index in [2.05, 4.69) is 5.32 Å². The molecular weight excluding hydrogens is 296 g/mol. The average Bonchev–Trinajstić information content (AvgIpc) is 2.84. The van der Waals surface area contributed by atoms with Crippen molar-refractivity contribution >= 4 is 21.4 Å². The highest BCUT2D eigenvalue weighted by Gasteiger charge is 2.35. The standard InChI is InChI=1S/C13H22N2O3S2/c1-13(2)10-15(8-9-18-13)20(16,17)12-5-4-11(19-12)6-7-14-3/h4-5,14H,6-10H2,1-3H3. The van der Waals surface area contributed by atoms with E-state index in [0.717, 1.165) is 17.8 Å². The number of thiophene rings is 1. The molecule has 0 unspecified atom stereocenters. The van der Waals surface area contributed by atoms with E-state index in [9.17, 15) is 8.42 Å². The first kappa shape index (κ1) is 15.9. The first-order valence-electron chi connectivity index (χ1n) is 6.72. The van der Waals surface area contributed by atoms with Gasteiger partial charge in [-0.2, -0.15) is 4.31 Å². The molecule has 0 aromatic carbocycles. The van der Waals surface area contributed by atoms with E-state index < -0.39 is 15.6 Å². The van der Waals surface area contributed by atoms with Crippen molar-refractivity contribution in [1.29, 1.82) is 0 Å². The number of ether oxygens (including phenoxy) is 1. The molecule has 0 aliphatic carbocycles. The van der Waals surface area contributed by atoms with E-state index in [-0.39, 0.29) is 0 Å². The van der Waals surface area contributed by atoms with Gasteiger partial charge in [0.1, 0.15) is 4.21 Å². The molecule has 5 nitrogen and oxygen atoms in total. The Morgan fingerprint density at radius 2 is 2.20 bits per heavy atom. The molecule has 0 radical (unpaired) electrons. The number of sulfonamides is 1. The lowest BCUT2D eigenvalue weighted by Gasteiger charge is -2.37. The van der Waals surface area contributed by atoms with Crippen molar-refractivity contribution in [1.82, 2.24) is 9.62 Å². The van der Waals surface area contributed by atoms with Crippen LogP contribution < -0.4 is 5.32 Å². The third-order valence-electron chi connectivity index (χ3n) is 3.24. The van der Waals surface area contributed by atoms with E-state index >= 15 is 0 Å². The SMILES string of the molecule is CNCCc1ccc(S(=O)(=O)N2CCOC(C)(C)C2)s1. The Labute approximate surface area is 125 Å². The highest BCUT2D eigenvalue weighted by atomic mass is 32.2. The Morgan fingerprint density at radius 3 is 2.85 bits per heavy atom. The first-order valence-corrected chi connectivity index (χ1v) is 8.98. The lowest BCUT2D eigenvalue weighted by atomic mass is 10.1. The van der Waals surface area contributed by atoms with Crippen LogP contribution in [0.1, 0.15) is 18.7 Å². The highest BCUT2D eigenvalue weighted by Crippen LogP contribution is 2.28. The van der Waals surface area contributed by atoms with Crippen LogP contribution in [0.15, 0.2) is 16.3 Å². The summed E-state index contributed by atoms with van der Waals surface area (Å²) < 4.78 is 32.8. The van der Waals surface area contributed by atoms with Gasteiger partial charge in [-0.25, -0.2) is 8.42 Å². The van der Waals surface area contributed by atoms with Crippen LogP contribution in [0, 0.1) is 0 Å². The molecule has 0 saturated carbocycles. The van der Waals surface area contributed by atoms with Gasteiger partial charge >= 0.3 is 0 Å². The molecule has 1 saturated heterocycles. The minimum Gasteiger partial charge on any atom is -0.373 e. The summed E-state index contributed by atoms with van der Waals surface area (Å²) in [5.74, 6) is 0. The fourth-order valence-electron chi connectivity index (χ4n) is 2.18. The molecule has 1 aromatic rings. The third kappa shape index (κ3) is 3.59. The molecule has 2 heterocycles. The molecule has 0 bridgehead atoms. The van der Waals surface area contributed by atoms with E-state index in [1.165, 1.54) is 15.6 Å². The zero-order chi connectivity index (χ0) is 14.8. The number of hydrogen-bond donors (Lipinski definition) is 1. The largest absolute Gasteiger partial charge is 0.373 e. The average molecular weight is 318 g/mol. The van der Waals surface area contributed by atoms with Crippen LogP contribution in [0.3, 0.4) is 0 Å². The maximum absolute atomic E-state index is 12.6. The fourth-order valence-corrected chi connectivity index (χ4v) is 5.27. The Kier molecular flexibility index (Phi) is 4.86. The van der Waals surface area contributed by atoms with Crippen LogP contribution in [0.2, 0.25) is 0 Å². The molecule has 2 rings (SSSR count). The van der Waals surface area contributed by atoms with Crippen LogP contribution in [-0.2, 0) is 21.2 Å². The maximum Gasteiger partial charge on any atom is 0.252 e.